The normalized spacial score (nSPS) is 59.2. The van der Waals surface area contributed by atoms with E-state index in [1.54, 1.807) is 0 Å². The van der Waals surface area contributed by atoms with Gasteiger partial charge >= 0.3 is 0 Å². The van der Waals surface area contributed by atoms with E-state index < -0.39 is 0 Å². The van der Waals surface area contributed by atoms with Crippen molar-refractivity contribution < 1.29 is 9.90 Å². The second-order valence-electron chi connectivity index (χ2n) is 15.2. The molecule has 2 nitrogen and oxygen atoms in total. The molecule has 0 spiro atoms. The maximum atomic E-state index is 13.2. The van der Waals surface area contributed by atoms with Crippen LogP contribution in [-0.2, 0) is 4.79 Å². The predicted octanol–water partition coefficient (Wildman–Crippen LogP) is 7.43. The number of hydrogen-bond acceptors (Lipinski definition) is 2. The molecule has 5 rings (SSSR count). The fourth-order valence-electron chi connectivity index (χ4n) is 11.1. The minimum atomic E-state index is -0.194. The molecule has 0 aromatic rings. The molecule has 10 atom stereocenters. The lowest BCUT2D eigenvalue weighted by molar-refractivity contribution is -0.257. The Morgan fingerprint density at radius 3 is 2.03 bits per heavy atom. The van der Waals surface area contributed by atoms with Crippen molar-refractivity contribution in [1.82, 2.24) is 0 Å². The molecule has 5 saturated carbocycles. The van der Waals surface area contributed by atoms with Crippen LogP contribution in [0, 0.1) is 56.2 Å². The first-order valence-electron chi connectivity index (χ1n) is 13.9. The van der Waals surface area contributed by atoms with Crippen LogP contribution in [0.1, 0.15) is 119 Å². The third-order valence-corrected chi connectivity index (χ3v) is 13.8. The number of carbonyl (C=O) groups excluding carboxylic acids is 1. The summed E-state index contributed by atoms with van der Waals surface area (Å²) in [6.45, 7) is 17.6. The zero-order valence-electron chi connectivity index (χ0n) is 22.1. The van der Waals surface area contributed by atoms with E-state index >= 15 is 0 Å². The molecule has 0 amide bonds. The molecule has 1 N–H and O–H groups in total. The van der Waals surface area contributed by atoms with E-state index in [1.165, 1.54) is 57.7 Å². The summed E-state index contributed by atoms with van der Waals surface area (Å²) in [6.07, 6.45) is 14.6. The Bertz CT molecular complexity index is 788. The second-order valence-corrected chi connectivity index (χ2v) is 15.2. The predicted molar refractivity (Wildman–Crippen MR) is 131 cm³/mol. The summed E-state index contributed by atoms with van der Waals surface area (Å²) < 4.78 is 0. The van der Waals surface area contributed by atoms with Gasteiger partial charge in [-0.25, -0.2) is 0 Å². The molecule has 0 unspecified atom stereocenters. The molecule has 0 bridgehead atoms. The van der Waals surface area contributed by atoms with Gasteiger partial charge in [-0.15, -0.1) is 0 Å². The Morgan fingerprint density at radius 2 is 1.34 bits per heavy atom. The number of rotatable bonds is 1. The van der Waals surface area contributed by atoms with Gasteiger partial charge in [-0.3, -0.25) is 0 Å². The van der Waals surface area contributed by atoms with Crippen molar-refractivity contribution in [3.05, 3.63) is 0 Å². The summed E-state index contributed by atoms with van der Waals surface area (Å²) in [5.41, 5.74) is 1.46. The molecule has 0 heterocycles. The zero-order valence-corrected chi connectivity index (χ0v) is 22.1. The van der Waals surface area contributed by atoms with E-state index in [-0.39, 0.29) is 22.3 Å². The van der Waals surface area contributed by atoms with Gasteiger partial charge in [0.2, 0.25) is 0 Å². The third kappa shape index (κ3) is 2.71. The maximum absolute atomic E-state index is 13.2. The fourth-order valence-corrected chi connectivity index (χ4v) is 11.1. The standard InChI is InChI=1S/C30H50O2/c1-20-21(32)8-9-22-27(20,5)11-10-23-28(6)15-14-26(4)13-12-25(2,3)18-24(26)29(28,7)16-17-30(22,23)19-31/h19-24,32H,8-18H2,1-7H3/t20-,21-,22+,23+,24+,26+,27+,28+,29-,30+/m0/s1. The summed E-state index contributed by atoms with van der Waals surface area (Å²) >= 11 is 0. The molecule has 182 valence electrons. The topological polar surface area (TPSA) is 37.3 Å². The van der Waals surface area contributed by atoms with E-state index in [1.807, 2.05) is 0 Å². The molecule has 5 fully saturated rings. The van der Waals surface area contributed by atoms with Crippen LogP contribution in [0.15, 0.2) is 0 Å². The van der Waals surface area contributed by atoms with Gasteiger partial charge in [0, 0.05) is 5.41 Å². The average Bonchev–Trinajstić information content (AvgIpc) is 2.74. The molecule has 0 radical (unpaired) electrons. The van der Waals surface area contributed by atoms with Crippen LogP contribution in [0.2, 0.25) is 0 Å². The molecule has 0 aromatic heterocycles. The van der Waals surface area contributed by atoms with Gasteiger partial charge in [0.05, 0.1) is 6.10 Å². The Hall–Kier alpha value is -0.370. The van der Waals surface area contributed by atoms with Crippen molar-refractivity contribution in [1.29, 1.82) is 0 Å². The Balaban J connectivity index is 1.57. The second kappa shape index (κ2) is 6.86. The quantitative estimate of drug-likeness (QED) is 0.429. The summed E-state index contributed by atoms with van der Waals surface area (Å²) in [4.78, 5) is 13.2. The van der Waals surface area contributed by atoms with Gasteiger partial charge < -0.3 is 9.90 Å². The number of fused-ring (bicyclic) bond motifs is 7. The van der Waals surface area contributed by atoms with E-state index in [2.05, 4.69) is 48.5 Å². The number of aliphatic hydroxyl groups is 1. The SMILES string of the molecule is C[C@H]1[C@@H](O)CC[C@@H]2[C@]1(C)CC[C@H]1[C@@]2(C=O)CC[C@@]2(C)[C@@H]3CC(C)(C)CC[C@]3(C)CC[C@]12C. The molecule has 5 aliphatic rings. The summed E-state index contributed by atoms with van der Waals surface area (Å²) in [5, 5.41) is 10.7. The van der Waals surface area contributed by atoms with Gasteiger partial charge in [-0.2, -0.15) is 0 Å². The zero-order chi connectivity index (χ0) is 23.4. The molecule has 0 aromatic carbocycles. The Morgan fingerprint density at radius 1 is 0.719 bits per heavy atom. The van der Waals surface area contributed by atoms with Crippen LogP contribution in [0.4, 0.5) is 0 Å². The highest BCUT2D eigenvalue weighted by Crippen LogP contribution is 2.78. The highest BCUT2D eigenvalue weighted by atomic mass is 16.3. The Kier molecular flexibility index (Phi) is 5.01. The van der Waals surface area contributed by atoms with E-state index in [9.17, 15) is 9.90 Å². The average molecular weight is 443 g/mol. The molecular formula is C30H50O2. The summed E-state index contributed by atoms with van der Waals surface area (Å²) in [6, 6.07) is 0. The van der Waals surface area contributed by atoms with Crippen LogP contribution < -0.4 is 0 Å². The lowest BCUT2D eigenvalue weighted by Gasteiger charge is -2.74. The number of carbonyl (C=O) groups is 1. The molecule has 5 aliphatic carbocycles. The molecular weight excluding hydrogens is 392 g/mol. The first kappa shape index (κ1) is 23.4. The first-order chi connectivity index (χ1) is 14.8. The van der Waals surface area contributed by atoms with Gasteiger partial charge in [0.1, 0.15) is 6.29 Å². The van der Waals surface area contributed by atoms with Gasteiger partial charge in [0.25, 0.3) is 0 Å². The van der Waals surface area contributed by atoms with Crippen molar-refractivity contribution >= 4 is 6.29 Å². The fraction of sp³-hybridized carbons (Fsp3) is 0.967. The highest BCUT2D eigenvalue weighted by Gasteiger charge is 2.72. The van der Waals surface area contributed by atoms with Crippen LogP contribution in [0.25, 0.3) is 0 Å². The van der Waals surface area contributed by atoms with Crippen molar-refractivity contribution in [3.63, 3.8) is 0 Å². The lowest BCUT2D eigenvalue weighted by atomic mass is 9.30. The van der Waals surface area contributed by atoms with Crippen molar-refractivity contribution in [2.75, 3.05) is 0 Å². The smallest absolute Gasteiger partial charge is 0.126 e. The minimum Gasteiger partial charge on any atom is -0.393 e. The van der Waals surface area contributed by atoms with Crippen LogP contribution in [0.5, 0.6) is 0 Å². The monoisotopic (exact) mass is 442 g/mol. The van der Waals surface area contributed by atoms with E-state index in [0.29, 0.717) is 34.0 Å². The van der Waals surface area contributed by atoms with Crippen LogP contribution in [0.3, 0.4) is 0 Å². The van der Waals surface area contributed by atoms with E-state index in [4.69, 9.17) is 0 Å². The van der Waals surface area contributed by atoms with E-state index in [0.717, 1.165) is 25.2 Å². The van der Waals surface area contributed by atoms with Gasteiger partial charge in [-0.1, -0.05) is 48.5 Å². The molecule has 32 heavy (non-hydrogen) atoms. The maximum Gasteiger partial charge on any atom is 0.126 e. The number of aliphatic hydroxyl groups excluding tert-OH is 1. The molecule has 0 aliphatic heterocycles. The largest absolute Gasteiger partial charge is 0.393 e. The first-order valence-corrected chi connectivity index (χ1v) is 13.9. The van der Waals surface area contributed by atoms with Gasteiger partial charge in [0.15, 0.2) is 0 Å². The van der Waals surface area contributed by atoms with Crippen molar-refractivity contribution in [2.24, 2.45) is 56.2 Å². The Labute approximate surface area is 197 Å². The lowest BCUT2D eigenvalue weighted by Crippen LogP contribution is -2.69. The van der Waals surface area contributed by atoms with Crippen LogP contribution >= 0.6 is 0 Å². The number of hydrogen-bond donors (Lipinski definition) is 1. The summed E-state index contributed by atoms with van der Waals surface area (Å²) in [5.74, 6) is 2.04. The van der Waals surface area contributed by atoms with Crippen LogP contribution in [-0.4, -0.2) is 17.5 Å². The molecule has 0 saturated heterocycles. The van der Waals surface area contributed by atoms with Gasteiger partial charge in [-0.05, 0) is 121 Å². The van der Waals surface area contributed by atoms with Crippen molar-refractivity contribution in [3.8, 4) is 0 Å². The van der Waals surface area contributed by atoms with Crippen molar-refractivity contribution in [2.45, 2.75) is 125 Å². The molecule has 2 heteroatoms. The third-order valence-electron chi connectivity index (χ3n) is 13.8. The minimum absolute atomic E-state index is 0.106. The summed E-state index contributed by atoms with van der Waals surface area (Å²) in [7, 11) is 0. The number of aldehydes is 1. The highest BCUT2D eigenvalue weighted by molar-refractivity contribution is 5.62.